The van der Waals surface area contributed by atoms with Crippen molar-refractivity contribution in [3.63, 3.8) is 0 Å². The minimum atomic E-state index is 0.966. The van der Waals surface area contributed by atoms with Gasteiger partial charge < -0.3 is 0 Å². The van der Waals surface area contributed by atoms with Crippen molar-refractivity contribution in [1.82, 2.24) is 0 Å². The fraction of sp³-hybridized carbons (Fsp3) is 0.933. The van der Waals surface area contributed by atoms with Crippen LogP contribution in [-0.2, 0) is 0 Å². The maximum Gasteiger partial charge on any atom is -0.0351 e. The third kappa shape index (κ3) is 25.8. The summed E-state index contributed by atoms with van der Waals surface area (Å²) in [6.45, 7) is 6.88. The lowest BCUT2D eigenvalue weighted by molar-refractivity contribution is 0.440. The average Bonchev–Trinajstić information content (AvgIpc) is 2.75. The predicted molar refractivity (Wildman–Crippen MR) is 140 cm³/mol. The molecular weight excluding hydrogens is 360 g/mol. The first kappa shape index (κ1) is 29.7. The van der Waals surface area contributed by atoms with Crippen molar-refractivity contribution in [1.29, 1.82) is 0 Å². The molecule has 0 radical (unpaired) electrons. The Balaban J connectivity index is 3.05. The molecule has 1 atom stereocenters. The Kier molecular flexibility index (Phi) is 26.5. The summed E-state index contributed by atoms with van der Waals surface area (Å²) in [5, 5.41) is 0. The molecule has 0 aromatic carbocycles. The molecule has 180 valence electrons. The summed E-state index contributed by atoms with van der Waals surface area (Å²) in [7, 11) is 0. The second-order valence-electron chi connectivity index (χ2n) is 10.1. The van der Waals surface area contributed by atoms with Gasteiger partial charge in [-0.05, 0) is 25.7 Å². The highest BCUT2D eigenvalue weighted by Crippen LogP contribution is 2.18. The first-order valence-electron chi connectivity index (χ1n) is 14.4. The summed E-state index contributed by atoms with van der Waals surface area (Å²) in [6, 6.07) is 0. The summed E-state index contributed by atoms with van der Waals surface area (Å²) in [5.74, 6) is 0.966. The fourth-order valence-electron chi connectivity index (χ4n) is 4.62. The molecule has 0 aliphatic rings. The molecule has 0 bridgehead atoms. The van der Waals surface area contributed by atoms with Gasteiger partial charge in [0.1, 0.15) is 0 Å². The molecule has 0 aromatic rings. The van der Waals surface area contributed by atoms with Crippen molar-refractivity contribution < 1.29 is 0 Å². The molecule has 1 unspecified atom stereocenters. The molecular formula is C30H60. The predicted octanol–water partition coefficient (Wildman–Crippen LogP) is 11.6. The molecule has 0 fully saturated rings. The lowest BCUT2D eigenvalue weighted by Crippen LogP contribution is -1.94. The second-order valence-corrected chi connectivity index (χ2v) is 10.1. The lowest BCUT2D eigenvalue weighted by atomic mass is 9.97. The van der Waals surface area contributed by atoms with Crippen LogP contribution in [0.4, 0.5) is 0 Å². The Labute approximate surface area is 193 Å². The topological polar surface area (TPSA) is 0 Å². The van der Waals surface area contributed by atoms with Gasteiger partial charge in [-0.3, -0.25) is 0 Å². The fourth-order valence-corrected chi connectivity index (χ4v) is 4.62. The van der Waals surface area contributed by atoms with Gasteiger partial charge in [0.15, 0.2) is 0 Å². The normalized spacial score (nSPS) is 12.8. The highest BCUT2D eigenvalue weighted by atomic mass is 14.1. The van der Waals surface area contributed by atoms with Gasteiger partial charge in [0.2, 0.25) is 0 Å². The molecule has 0 aromatic heterocycles. The SMILES string of the molecule is CC=CCCCCCCCCCCCCCCCCCCCCCC(C)CCCC. The Morgan fingerprint density at radius 1 is 0.467 bits per heavy atom. The molecule has 0 nitrogen and oxygen atoms in total. The summed E-state index contributed by atoms with van der Waals surface area (Å²) in [6.07, 6.45) is 39.5. The number of hydrogen-bond donors (Lipinski definition) is 0. The van der Waals surface area contributed by atoms with Crippen LogP contribution in [0.15, 0.2) is 12.2 Å². The van der Waals surface area contributed by atoms with Crippen LogP contribution < -0.4 is 0 Å². The van der Waals surface area contributed by atoms with Gasteiger partial charge in [0.25, 0.3) is 0 Å². The number of rotatable bonds is 25. The Bertz CT molecular complexity index is 316. The van der Waals surface area contributed by atoms with Crippen molar-refractivity contribution in [3.8, 4) is 0 Å². The van der Waals surface area contributed by atoms with Crippen molar-refractivity contribution in [2.24, 2.45) is 5.92 Å². The molecule has 0 saturated carbocycles. The van der Waals surface area contributed by atoms with Crippen molar-refractivity contribution >= 4 is 0 Å². The van der Waals surface area contributed by atoms with E-state index >= 15 is 0 Å². The zero-order valence-corrected chi connectivity index (χ0v) is 21.7. The van der Waals surface area contributed by atoms with E-state index in [0.717, 1.165) is 5.92 Å². The molecule has 0 aliphatic carbocycles. The molecule has 0 rings (SSSR count). The summed E-state index contributed by atoms with van der Waals surface area (Å²) in [4.78, 5) is 0. The zero-order valence-electron chi connectivity index (χ0n) is 21.7. The van der Waals surface area contributed by atoms with Crippen LogP contribution in [0.3, 0.4) is 0 Å². The van der Waals surface area contributed by atoms with Crippen LogP contribution in [0.5, 0.6) is 0 Å². The molecule has 30 heavy (non-hydrogen) atoms. The molecule has 0 saturated heterocycles. The molecule has 0 spiro atoms. The van der Waals surface area contributed by atoms with Gasteiger partial charge in [0.05, 0.1) is 0 Å². The van der Waals surface area contributed by atoms with E-state index < -0.39 is 0 Å². The largest absolute Gasteiger partial charge is 0.0917 e. The van der Waals surface area contributed by atoms with Gasteiger partial charge in [-0.1, -0.05) is 167 Å². The number of allylic oxidation sites excluding steroid dienone is 2. The van der Waals surface area contributed by atoms with E-state index in [-0.39, 0.29) is 0 Å². The summed E-state index contributed by atoms with van der Waals surface area (Å²) < 4.78 is 0. The van der Waals surface area contributed by atoms with E-state index in [2.05, 4.69) is 32.9 Å². The van der Waals surface area contributed by atoms with Gasteiger partial charge in [-0.2, -0.15) is 0 Å². The van der Waals surface area contributed by atoms with Crippen LogP contribution in [0.1, 0.15) is 175 Å². The van der Waals surface area contributed by atoms with E-state index in [4.69, 9.17) is 0 Å². The van der Waals surface area contributed by atoms with Crippen LogP contribution in [-0.4, -0.2) is 0 Å². The standard InChI is InChI=1S/C30H60/c1-4-6-8-9-10-11-12-13-14-15-16-17-18-19-20-21-22-23-24-25-26-27-29-30(3)28-7-5-2/h4,6,30H,5,7-29H2,1-3H3. The van der Waals surface area contributed by atoms with Crippen LogP contribution in [0, 0.1) is 5.92 Å². The Morgan fingerprint density at radius 2 is 0.800 bits per heavy atom. The van der Waals surface area contributed by atoms with Crippen LogP contribution >= 0.6 is 0 Å². The van der Waals surface area contributed by atoms with E-state index in [0.29, 0.717) is 0 Å². The van der Waals surface area contributed by atoms with E-state index in [1.165, 1.54) is 154 Å². The van der Waals surface area contributed by atoms with Crippen molar-refractivity contribution in [2.75, 3.05) is 0 Å². The van der Waals surface area contributed by atoms with E-state index in [1.807, 2.05) is 0 Å². The van der Waals surface area contributed by atoms with Gasteiger partial charge in [-0.25, -0.2) is 0 Å². The lowest BCUT2D eigenvalue weighted by Gasteiger charge is -2.10. The molecule has 0 aliphatic heterocycles. The molecule has 0 heterocycles. The molecule has 0 N–H and O–H groups in total. The quantitative estimate of drug-likeness (QED) is 0.102. The molecule has 0 heteroatoms. The minimum absolute atomic E-state index is 0.966. The smallest absolute Gasteiger partial charge is 0.0351 e. The number of hydrogen-bond acceptors (Lipinski definition) is 0. The van der Waals surface area contributed by atoms with E-state index in [1.54, 1.807) is 0 Å². The first-order chi connectivity index (χ1) is 14.8. The van der Waals surface area contributed by atoms with Gasteiger partial charge >= 0.3 is 0 Å². The van der Waals surface area contributed by atoms with Crippen molar-refractivity contribution in [3.05, 3.63) is 12.2 Å². The highest BCUT2D eigenvalue weighted by molar-refractivity contribution is 4.76. The Hall–Kier alpha value is -0.260. The van der Waals surface area contributed by atoms with Gasteiger partial charge in [0, 0.05) is 0 Å². The summed E-state index contributed by atoms with van der Waals surface area (Å²) in [5.41, 5.74) is 0. The van der Waals surface area contributed by atoms with Crippen LogP contribution in [0.2, 0.25) is 0 Å². The summed E-state index contributed by atoms with van der Waals surface area (Å²) >= 11 is 0. The van der Waals surface area contributed by atoms with Crippen LogP contribution in [0.25, 0.3) is 0 Å². The first-order valence-corrected chi connectivity index (χ1v) is 14.4. The Morgan fingerprint density at radius 3 is 1.17 bits per heavy atom. The molecule has 0 amide bonds. The monoisotopic (exact) mass is 420 g/mol. The van der Waals surface area contributed by atoms with E-state index in [9.17, 15) is 0 Å². The number of unbranched alkanes of at least 4 members (excludes halogenated alkanes) is 20. The third-order valence-corrected chi connectivity index (χ3v) is 6.85. The van der Waals surface area contributed by atoms with Crippen molar-refractivity contribution in [2.45, 2.75) is 175 Å². The highest BCUT2D eigenvalue weighted by Gasteiger charge is 2.01. The maximum atomic E-state index is 2.45. The zero-order chi connectivity index (χ0) is 22.0. The van der Waals surface area contributed by atoms with Gasteiger partial charge in [-0.15, -0.1) is 0 Å². The second kappa shape index (κ2) is 26.8. The minimum Gasteiger partial charge on any atom is -0.0917 e. The maximum absolute atomic E-state index is 2.45. The average molecular weight is 421 g/mol. The third-order valence-electron chi connectivity index (χ3n) is 6.85.